The maximum absolute atomic E-state index is 12.7. The van der Waals surface area contributed by atoms with Crippen molar-refractivity contribution in [3.05, 3.63) is 60.8 Å². The number of carbonyl (C=O) groups excluding carboxylic acids is 3. The summed E-state index contributed by atoms with van der Waals surface area (Å²) in [5.74, 6) is -0.942. The monoisotopic (exact) mass is 811 g/mol. The Balaban J connectivity index is 4.37. The Bertz CT molecular complexity index is 1070. The SMILES string of the molecule is CC\C=C/C=C\C=C/C=C\CCCCCC(=O)OC(COC(=O)CCCCCCC/C=C\CCCCCCCCCCC)COC(=O)CCCCCCCCCCC. The third-order valence-electron chi connectivity index (χ3n) is 10.4. The molecule has 0 spiro atoms. The summed E-state index contributed by atoms with van der Waals surface area (Å²) in [4.78, 5) is 37.8. The summed E-state index contributed by atoms with van der Waals surface area (Å²) in [5.41, 5.74) is 0. The highest BCUT2D eigenvalue weighted by atomic mass is 16.6. The zero-order valence-electron chi connectivity index (χ0n) is 38.0. The second-order valence-electron chi connectivity index (χ2n) is 16.1. The van der Waals surface area contributed by atoms with Crippen LogP contribution in [0.4, 0.5) is 0 Å². The molecule has 0 saturated heterocycles. The molecule has 0 aromatic rings. The summed E-state index contributed by atoms with van der Waals surface area (Å²) in [6.45, 7) is 6.43. The molecule has 0 rings (SSSR count). The van der Waals surface area contributed by atoms with Gasteiger partial charge >= 0.3 is 17.9 Å². The molecule has 0 aliphatic carbocycles. The molecule has 0 aromatic heterocycles. The van der Waals surface area contributed by atoms with Crippen molar-refractivity contribution in [1.29, 1.82) is 0 Å². The lowest BCUT2D eigenvalue weighted by molar-refractivity contribution is -0.167. The molecule has 334 valence electrons. The minimum atomic E-state index is -0.793. The number of hydrogen-bond acceptors (Lipinski definition) is 6. The molecule has 6 nitrogen and oxygen atoms in total. The van der Waals surface area contributed by atoms with Gasteiger partial charge in [-0.1, -0.05) is 210 Å². The molecule has 0 fully saturated rings. The highest BCUT2D eigenvalue weighted by Gasteiger charge is 2.19. The van der Waals surface area contributed by atoms with E-state index in [0.717, 1.165) is 77.0 Å². The molecule has 1 atom stereocenters. The van der Waals surface area contributed by atoms with E-state index in [2.05, 4.69) is 45.1 Å². The van der Waals surface area contributed by atoms with Crippen LogP contribution in [0.15, 0.2) is 60.8 Å². The van der Waals surface area contributed by atoms with Crippen LogP contribution >= 0.6 is 0 Å². The zero-order valence-corrected chi connectivity index (χ0v) is 38.0. The van der Waals surface area contributed by atoms with Gasteiger partial charge in [-0.05, 0) is 64.2 Å². The topological polar surface area (TPSA) is 78.9 Å². The molecular weight excluding hydrogens is 721 g/mol. The van der Waals surface area contributed by atoms with E-state index in [-0.39, 0.29) is 37.5 Å². The molecule has 0 saturated carbocycles. The van der Waals surface area contributed by atoms with Crippen molar-refractivity contribution < 1.29 is 28.6 Å². The zero-order chi connectivity index (χ0) is 42.3. The van der Waals surface area contributed by atoms with Gasteiger partial charge in [0, 0.05) is 19.3 Å². The van der Waals surface area contributed by atoms with Crippen LogP contribution in [0.3, 0.4) is 0 Å². The first-order chi connectivity index (χ1) is 28.5. The van der Waals surface area contributed by atoms with Crippen LogP contribution in [0, 0.1) is 0 Å². The van der Waals surface area contributed by atoms with Crippen molar-refractivity contribution in [2.75, 3.05) is 13.2 Å². The minimum absolute atomic E-state index is 0.0920. The Kier molecular flexibility index (Phi) is 44.5. The third kappa shape index (κ3) is 44.2. The molecule has 0 aliphatic heterocycles. The van der Waals surface area contributed by atoms with Gasteiger partial charge in [0.15, 0.2) is 6.10 Å². The predicted octanol–water partition coefficient (Wildman–Crippen LogP) is 15.7. The summed E-state index contributed by atoms with van der Waals surface area (Å²) in [5, 5.41) is 0. The minimum Gasteiger partial charge on any atom is -0.462 e. The average Bonchev–Trinajstić information content (AvgIpc) is 3.22. The first kappa shape index (κ1) is 55.1. The predicted molar refractivity (Wildman–Crippen MR) is 247 cm³/mol. The third-order valence-corrected chi connectivity index (χ3v) is 10.4. The number of hydrogen-bond donors (Lipinski definition) is 0. The highest BCUT2D eigenvalue weighted by Crippen LogP contribution is 2.14. The Hall–Kier alpha value is -2.89. The molecule has 58 heavy (non-hydrogen) atoms. The molecule has 0 N–H and O–H groups in total. The Morgan fingerprint density at radius 3 is 1.12 bits per heavy atom. The van der Waals surface area contributed by atoms with Crippen molar-refractivity contribution in [3.63, 3.8) is 0 Å². The van der Waals surface area contributed by atoms with E-state index in [4.69, 9.17) is 14.2 Å². The maximum atomic E-state index is 12.7. The van der Waals surface area contributed by atoms with Crippen LogP contribution < -0.4 is 0 Å². The quantitative estimate of drug-likeness (QED) is 0.0201. The molecule has 1 unspecified atom stereocenters. The summed E-state index contributed by atoms with van der Waals surface area (Å²) >= 11 is 0. The van der Waals surface area contributed by atoms with Crippen LogP contribution in [-0.4, -0.2) is 37.2 Å². The van der Waals surface area contributed by atoms with Crippen molar-refractivity contribution in [3.8, 4) is 0 Å². The fourth-order valence-corrected chi connectivity index (χ4v) is 6.68. The lowest BCUT2D eigenvalue weighted by Gasteiger charge is -2.18. The summed E-state index contributed by atoms with van der Waals surface area (Å²) in [6, 6.07) is 0. The van der Waals surface area contributed by atoms with E-state index in [1.54, 1.807) is 0 Å². The first-order valence-electron chi connectivity index (χ1n) is 24.3. The van der Waals surface area contributed by atoms with Crippen LogP contribution in [0.5, 0.6) is 0 Å². The van der Waals surface area contributed by atoms with Crippen molar-refractivity contribution in [1.82, 2.24) is 0 Å². The van der Waals surface area contributed by atoms with E-state index < -0.39 is 6.10 Å². The molecular formula is C52H90O6. The van der Waals surface area contributed by atoms with Gasteiger partial charge in [0.05, 0.1) is 0 Å². The van der Waals surface area contributed by atoms with Crippen LogP contribution in [0.2, 0.25) is 0 Å². The molecule has 0 amide bonds. The average molecular weight is 811 g/mol. The van der Waals surface area contributed by atoms with Crippen molar-refractivity contribution >= 4 is 17.9 Å². The van der Waals surface area contributed by atoms with E-state index in [0.29, 0.717) is 12.8 Å². The molecule has 0 aromatic carbocycles. The summed E-state index contributed by atoms with van der Waals surface area (Å²) in [7, 11) is 0. The second-order valence-corrected chi connectivity index (χ2v) is 16.1. The van der Waals surface area contributed by atoms with Crippen LogP contribution in [-0.2, 0) is 28.6 Å². The Morgan fingerprint density at radius 2 is 0.690 bits per heavy atom. The number of rotatable bonds is 43. The fraction of sp³-hybridized carbons (Fsp3) is 0.750. The van der Waals surface area contributed by atoms with Gasteiger partial charge in [0.1, 0.15) is 13.2 Å². The normalized spacial score (nSPS) is 12.5. The van der Waals surface area contributed by atoms with Gasteiger partial charge in [-0.3, -0.25) is 14.4 Å². The smallest absolute Gasteiger partial charge is 0.306 e. The number of unbranched alkanes of at least 4 members (excludes halogenated alkanes) is 25. The van der Waals surface area contributed by atoms with Gasteiger partial charge in [-0.25, -0.2) is 0 Å². The van der Waals surface area contributed by atoms with Crippen LogP contribution in [0.1, 0.15) is 233 Å². The molecule has 0 aliphatic rings. The van der Waals surface area contributed by atoms with E-state index in [1.165, 1.54) is 116 Å². The fourth-order valence-electron chi connectivity index (χ4n) is 6.68. The van der Waals surface area contributed by atoms with E-state index in [1.807, 2.05) is 36.5 Å². The lowest BCUT2D eigenvalue weighted by Crippen LogP contribution is -2.30. The van der Waals surface area contributed by atoms with Gasteiger partial charge in [-0.2, -0.15) is 0 Å². The number of carbonyl (C=O) groups is 3. The molecule has 6 heteroatoms. The highest BCUT2D eigenvalue weighted by molar-refractivity contribution is 5.71. The number of ether oxygens (including phenoxy) is 3. The molecule has 0 bridgehead atoms. The maximum Gasteiger partial charge on any atom is 0.306 e. The van der Waals surface area contributed by atoms with E-state index >= 15 is 0 Å². The first-order valence-corrected chi connectivity index (χ1v) is 24.3. The lowest BCUT2D eigenvalue weighted by atomic mass is 10.1. The summed E-state index contributed by atoms with van der Waals surface area (Å²) in [6.07, 6.45) is 56.4. The van der Waals surface area contributed by atoms with Gasteiger partial charge < -0.3 is 14.2 Å². The second kappa shape index (κ2) is 46.8. The van der Waals surface area contributed by atoms with Crippen molar-refractivity contribution in [2.45, 2.75) is 239 Å². The Labute approximate surface area is 358 Å². The Morgan fingerprint density at radius 1 is 0.362 bits per heavy atom. The van der Waals surface area contributed by atoms with Gasteiger partial charge in [0.25, 0.3) is 0 Å². The largest absolute Gasteiger partial charge is 0.462 e. The molecule has 0 heterocycles. The standard InChI is InChI=1S/C52H90O6/c1-4-7-10-13-16-19-21-23-24-25-26-27-29-30-33-36-39-42-45-51(54)57-48-49(47-56-50(53)44-41-38-35-32-18-15-12-9-6-3)58-52(55)46-43-40-37-34-31-28-22-20-17-14-11-8-5-2/h8,11,14,17,20,22,26-28,31,49H,4-7,9-10,12-13,15-16,18-19,21,23-25,29-30,32-48H2,1-3H3/b11-8-,17-14-,22-20-,27-26-,31-28-. The van der Waals surface area contributed by atoms with Gasteiger partial charge in [0.2, 0.25) is 0 Å². The number of esters is 3. The number of allylic oxidation sites excluding steroid dienone is 10. The van der Waals surface area contributed by atoms with Gasteiger partial charge in [-0.15, -0.1) is 0 Å². The van der Waals surface area contributed by atoms with E-state index in [9.17, 15) is 14.4 Å². The molecule has 0 radical (unpaired) electrons. The summed E-state index contributed by atoms with van der Waals surface area (Å²) < 4.78 is 16.7. The van der Waals surface area contributed by atoms with Crippen LogP contribution in [0.25, 0.3) is 0 Å². The van der Waals surface area contributed by atoms with Crippen molar-refractivity contribution in [2.24, 2.45) is 0 Å².